The fourth-order valence-corrected chi connectivity index (χ4v) is 3.83. The smallest absolute Gasteiger partial charge is 0.406 e. The first-order chi connectivity index (χ1) is 16.1. The molecule has 1 aliphatic rings. The van der Waals surface area contributed by atoms with Gasteiger partial charge in [0, 0.05) is 37.3 Å². The zero-order valence-electron chi connectivity index (χ0n) is 17.9. The molecule has 4 rings (SSSR count). The van der Waals surface area contributed by atoms with E-state index in [0.717, 1.165) is 12.1 Å². The number of ether oxygens (including phenoxy) is 1. The van der Waals surface area contributed by atoms with Crippen molar-refractivity contribution in [1.82, 2.24) is 14.5 Å². The van der Waals surface area contributed by atoms with Gasteiger partial charge in [0.05, 0.1) is 12.2 Å². The molecule has 2 N–H and O–H groups in total. The van der Waals surface area contributed by atoms with Gasteiger partial charge in [-0.2, -0.15) is 0 Å². The molecule has 0 unspecified atom stereocenters. The Morgan fingerprint density at radius 3 is 2.50 bits per heavy atom. The second-order valence-electron chi connectivity index (χ2n) is 8.04. The minimum absolute atomic E-state index is 0.0349. The normalized spacial score (nSPS) is 14.6. The molecule has 0 aliphatic carbocycles. The van der Waals surface area contributed by atoms with Gasteiger partial charge in [-0.05, 0) is 48.4 Å². The van der Waals surface area contributed by atoms with Gasteiger partial charge in [0.1, 0.15) is 11.6 Å². The monoisotopic (exact) mass is 480 g/mol. The Hall–Kier alpha value is -3.47. The second kappa shape index (κ2) is 9.41. The number of fused-ring (bicyclic) bond motifs is 1. The maximum Gasteiger partial charge on any atom is 0.573 e. The summed E-state index contributed by atoms with van der Waals surface area (Å²) in [6.45, 7) is 1.20. The third kappa shape index (κ3) is 5.71. The van der Waals surface area contributed by atoms with Crippen molar-refractivity contribution in [2.24, 2.45) is 5.73 Å². The topological polar surface area (TPSA) is 73.4 Å². The lowest BCUT2D eigenvalue weighted by Crippen LogP contribution is -2.41. The van der Waals surface area contributed by atoms with Crippen molar-refractivity contribution in [3.8, 4) is 17.0 Å². The Morgan fingerprint density at radius 2 is 1.82 bits per heavy atom. The number of rotatable bonds is 6. The number of halogens is 5. The molecular weight excluding hydrogens is 459 g/mol. The summed E-state index contributed by atoms with van der Waals surface area (Å²) in [6, 6.07) is 8.36. The number of benzene rings is 2. The second-order valence-corrected chi connectivity index (χ2v) is 8.04. The third-order valence-electron chi connectivity index (χ3n) is 5.46. The summed E-state index contributed by atoms with van der Waals surface area (Å²) in [6.07, 6.45) is -2.72. The van der Waals surface area contributed by atoms with Crippen LogP contribution >= 0.6 is 0 Å². The molecule has 2 aromatic carbocycles. The lowest BCUT2D eigenvalue weighted by Gasteiger charge is -2.28. The summed E-state index contributed by atoms with van der Waals surface area (Å²) >= 11 is 0. The highest BCUT2D eigenvalue weighted by Crippen LogP contribution is 2.27. The van der Waals surface area contributed by atoms with E-state index in [-0.39, 0.29) is 31.0 Å². The van der Waals surface area contributed by atoms with Gasteiger partial charge in [0.25, 0.3) is 0 Å². The van der Waals surface area contributed by atoms with Crippen molar-refractivity contribution in [1.29, 1.82) is 0 Å². The molecule has 0 saturated heterocycles. The number of carbonyl (C=O) groups excluding carboxylic acids is 1. The number of hydrogen-bond acceptors (Lipinski definition) is 4. The average Bonchev–Trinajstić information content (AvgIpc) is 3.19. The van der Waals surface area contributed by atoms with Crippen LogP contribution in [0.2, 0.25) is 0 Å². The van der Waals surface area contributed by atoms with E-state index in [9.17, 15) is 26.7 Å². The molecule has 1 aromatic heterocycles. The van der Waals surface area contributed by atoms with Gasteiger partial charge in [-0.3, -0.25) is 4.79 Å². The van der Waals surface area contributed by atoms with Gasteiger partial charge in [-0.25, -0.2) is 13.8 Å². The molecule has 1 aliphatic heterocycles. The van der Waals surface area contributed by atoms with Crippen molar-refractivity contribution in [3.63, 3.8) is 0 Å². The van der Waals surface area contributed by atoms with Crippen molar-refractivity contribution >= 4 is 5.91 Å². The SMILES string of the molecule is N[C@@H](CC(=O)N1CCn2cc(-c3ccc(OC(F)(F)F)cc3)nc2C1)Cc1ccc(F)c(F)c1. The Balaban J connectivity index is 1.37. The summed E-state index contributed by atoms with van der Waals surface area (Å²) in [5.74, 6) is -1.77. The first-order valence-corrected chi connectivity index (χ1v) is 10.5. The molecule has 0 radical (unpaired) electrons. The molecule has 6 nitrogen and oxygen atoms in total. The fraction of sp³-hybridized carbons (Fsp3) is 0.304. The van der Waals surface area contributed by atoms with Gasteiger partial charge in [0.2, 0.25) is 5.91 Å². The molecule has 11 heteroatoms. The Bertz CT molecular complexity index is 1180. The number of hydrogen-bond donors (Lipinski definition) is 1. The molecule has 0 spiro atoms. The van der Waals surface area contributed by atoms with Gasteiger partial charge >= 0.3 is 6.36 Å². The standard InChI is InChI=1S/C23H21F5N4O2/c24-18-6-1-14(10-19(18)25)9-16(29)11-22(33)32-8-7-31-12-20(30-21(31)13-32)15-2-4-17(5-3-15)34-23(26,27)28/h1-6,10,12,16H,7-9,11,13,29H2/t16-/m1/s1. The van der Waals surface area contributed by atoms with E-state index in [0.29, 0.717) is 35.7 Å². The van der Waals surface area contributed by atoms with Gasteiger partial charge < -0.3 is 19.9 Å². The van der Waals surface area contributed by atoms with Crippen LogP contribution in [0.5, 0.6) is 5.75 Å². The first-order valence-electron chi connectivity index (χ1n) is 10.5. The highest BCUT2D eigenvalue weighted by atomic mass is 19.4. The first kappa shape index (κ1) is 23.7. The van der Waals surface area contributed by atoms with Crippen LogP contribution < -0.4 is 10.5 Å². The molecule has 0 fully saturated rings. The molecule has 3 aromatic rings. The Morgan fingerprint density at radius 1 is 1.09 bits per heavy atom. The summed E-state index contributed by atoms with van der Waals surface area (Å²) in [4.78, 5) is 18.9. The summed E-state index contributed by atoms with van der Waals surface area (Å²) in [7, 11) is 0. The zero-order valence-corrected chi connectivity index (χ0v) is 17.9. The van der Waals surface area contributed by atoms with E-state index in [1.54, 1.807) is 11.1 Å². The van der Waals surface area contributed by atoms with E-state index < -0.39 is 24.0 Å². The number of imidazole rings is 1. The highest BCUT2D eigenvalue weighted by molar-refractivity contribution is 5.77. The number of amides is 1. The van der Waals surface area contributed by atoms with E-state index in [2.05, 4.69) is 9.72 Å². The van der Waals surface area contributed by atoms with Crippen LogP contribution in [-0.2, 0) is 24.3 Å². The van der Waals surface area contributed by atoms with Crippen LogP contribution in [0.4, 0.5) is 22.0 Å². The fourth-order valence-electron chi connectivity index (χ4n) is 3.83. The highest BCUT2D eigenvalue weighted by Gasteiger charge is 2.31. The van der Waals surface area contributed by atoms with E-state index in [1.807, 2.05) is 4.57 Å². The van der Waals surface area contributed by atoms with Crippen molar-refractivity contribution in [2.45, 2.75) is 38.3 Å². The number of nitrogens with zero attached hydrogens (tertiary/aromatic N) is 3. The van der Waals surface area contributed by atoms with E-state index in [1.165, 1.54) is 30.3 Å². The van der Waals surface area contributed by atoms with Crippen LogP contribution in [0, 0.1) is 11.6 Å². The molecular formula is C23H21F5N4O2. The Labute approximate surface area is 191 Å². The van der Waals surface area contributed by atoms with Crippen LogP contribution in [0.1, 0.15) is 17.8 Å². The number of nitrogens with two attached hydrogens (primary N) is 1. The molecule has 0 saturated carbocycles. The molecule has 2 heterocycles. The van der Waals surface area contributed by atoms with Crippen LogP contribution in [0.25, 0.3) is 11.3 Å². The maximum atomic E-state index is 13.4. The molecule has 180 valence electrons. The number of carbonyl (C=O) groups is 1. The van der Waals surface area contributed by atoms with Gasteiger partial charge in [-0.1, -0.05) is 6.07 Å². The van der Waals surface area contributed by atoms with Crippen LogP contribution in [0.15, 0.2) is 48.7 Å². The van der Waals surface area contributed by atoms with Crippen LogP contribution in [0.3, 0.4) is 0 Å². The largest absolute Gasteiger partial charge is 0.573 e. The summed E-state index contributed by atoms with van der Waals surface area (Å²) < 4.78 is 69.2. The van der Waals surface area contributed by atoms with Crippen molar-refractivity contribution < 1.29 is 31.5 Å². The lowest BCUT2D eigenvalue weighted by molar-refractivity contribution is -0.274. The predicted octanol–water partition coefficient (Wildman–Crippen LogP) is 4.03. The van der Waals surface area contributed by atoms with Crippen LogP contribution in [-0.4, -0.2) is 39.3 Å². The number of aromatic nitrogens is 2. The predicted molar refractivity (Wildman–Crippen MR) is 112 cm³/mol. The minimum Gasteiger partial charge on any atom is -0.406 e. The molecule has 0 bridgehead atoms. The van der Waals surface area contributed by atoms with Gasteiger partial charge in [-0.15, -0.1) is 13.2 Å². The number of alkyl halides is 3. The minimum atomic E-state index is -4.76. The zero-order chi connectivity index (χ0) is 24.5. The molecule has 1 amide bonds. The third-order valence-corrected chi connectivity index (χ3v) is 5.46. The summed E-state index contributed by atoms with van der Waals surface area (Å²) in [5, 5.41) is 0. The van der Waals surface area contributed by atoms with E-state index >= 15 is 0 Å². The van der Waals surface area contributed by atoms with Crippen molar-refractivity contribution in [2.75, 3.05) is 6.54 Å². The Kier molecular flexibility index (Phi) is 6.56. The molecule has 34 heavy (non-hydrogen) atoms. The quantitative estimate of drug-likeness (QED) is 0.541. The maximum absolute atomic E-state index is 13.4. The molecule has 1 atom stereocenters. The average molecular weight is 480 g/mol. The lowest BCUT2D eigenvalue weighted by atomic mass is 10.0. The summed E-state index contributed by atoms with van der Waals surface area (Å²) in [5.41, 5.74) is 7.75. The van der Waals surface area contributed by atoms with Crippen molar-refractivity contribution in [3.05, 3.63) is 71.7 Å². The van der Waals surface area contributed by atoms with Gasteiger partial charge in [0.15, 0.2) is 11.6 Å². The van der Waals surface area contributed by atoms with E-state index in [4.69, 9.17) is 5.73 Å².